The second-order valence-electron chi connectivity index (χ2n) is 12.0. The normalized spacial score (nSPS) is 17.7. The lowest BCUT2D eigenvalue weighted by molar-refractivity contribution is 0.159. The molecule has 226 valence electrons. The van der Waals surface area contributed by atoms with Gasteiger partial charge in [-0.05, 0) is 49.5 Å². The van der Waals surface area contributed by atoms with Crippen LogP contribution < -0.4 is 11.5 Å². The van der Waals surface area contributed by atoms with Gasteiger partial charge in [0.1, 0.15) is 0 Å². The number of hydrogen-bond acceptors (Lipinski definition) is 6. The van der Waals surface area contributed by atoms with Crippen LogP contribution in [0.2, 0.25) is 0 Å². The maximum atomic E-state index is 6.40. The van der Waals surface area contributed by atoms with Crippen LogP contribution in [-0.4, -0.2) is 108 Å². The summed E-state index contributed by atoms with van der Waals surface area (Å²) in [6.07, 6.45) is 0. The molecule has 2 aliphatic rings. The number of rotatable bonds is 6. The summed E-state index contributed by atoms with van der Waals surface area (Å²) in [7, 11) is 4.27. The number of nitrogens with two attached hydrogens (primary N) is 2. The molecule has 7 rings (SSSR count). The van der Waals surface area contributed by atoms with E-state index in [4.69, 9.17) is 11.5 Å². The number of nitrogens with zero attached hydrogens (tertiary/aromatic N) is 6. The van der Waals surface area contributed by atoms with E-state index < -0.39 is 0 Å². The minimum absolute atomic E-state index is 0.549. The number of H-pyrrole nitrogens is 2. The van der Waals surface area contributed by atoms with Crippen LogP contribution in [0.4, 0.5) is 0 Å². The number of piperazine rings is 2. The van der Waals surface area contributed by atoms with Gasteiger partial charge < -0.3 is 31.2 Å². The average Bonchev–Trinajstić information content (AvgIpc) is 3.67. The topological polar surface area (TPSA) is 121 Å². The molecule has 2 fully saturated rings. The van der Waals surface area contributed by atoms with Gasteiger partial charge in [-0.25, -0.2) is 0 Å². The fourth-order valence-corrected chi connectivity index (χ4v) is 5.93. The van der Waals surface area contributed by atoms with Crippen molar-refractivity contribution in [2.75, 3.05) is 66.5 Å². The summed E-state index contributed by atoms with van der Waals surface area (Å²) in [6.45, 7) is 7.56. The second-order valence-corrected chi connectivity index (χ2v) is 12.0. The van der Waals surface area contributed by atoms with E-state index in [1.54, 1.807) is 0 Å². The third-order valence-electron chi connectivity index (χ3n) is 8.80. The minimum atomic E-state index is 0.549. The van der Waals surface area contributed by atoms with Crippen LogP contribution in [0.25, 0.3) is 44.3 Å². The smallest absolute Gasteiger partial charge is 0.150 e. The minimum Gasteiger partial charge on any atom is -0.382 e. The van der Waals surface area contributed by atoms with E-state index in [1.165, 1.54) is 0 Å². The van der Waals surface area contributed by atoms with Gasteiger partial charge in [0.25, 0.3) is 0 Å². The van der Waals surface area contributed by atoms with Gasteiger partial charge in [-0.3, -0.25) is 10.0 Å². The summed E-state index contributed by atoms with van der Waals surface area (Å²) >= 11 is 0. The zero-order chi connectivity index (χ0) is 30.2. The maximum Gasteiger partial charge on any atom is 0.150 e. The first-order valence-corrected chi connectivity index (χ1v) is 15.3. The summed E-state index contributed by atoms with van der Waals surface area (Å²) < 4.78 is 0. The summed E-state index contributed by atoms with van der Waals surface area (Å²) in [5, 5.41) is 15.8. The fourth-order valence-electron chi connectivity index (χ4n) is 5.93. The highest BCUT2D eigenvalue weighted by molar-refractivity contribution is 6.02. The molecule has 0 saturated carbocycles. The van der Waals surface area contributed by atoms with Crippen LogP contribution in [-0.2, 0) is 0 Å². The Bertz CT molecular complexity index is 1700. The Morgan fingerprint density at radius 1 is 0.545 bits per heavy atom. The van der Waals surface area contributed by atoms with Gasteiger partial charge in [-0.15, -0.1) is 0 Å². The number of aromatic amines is 2. The van der Waals surface area contributed by atoms with Crippen molar-refractivity contribution < 1.29 is 0 Å². The molecule has 0 aliphatic carbocycles. The van der Waals surface area contributed by atoms with Crippen molar-refractivity contribution in [2.45, 2.75) is 0 Å². The zero-order valence-electron chi connectivity index (χ0n) is 25.4. The van der Waals surface area contributed by atoms with Gasteiger partial charge in [-0.2, -0.15) is 10.2 Å². The van der Waals surface area contributed by atoms with Crippen LogP contribution in [0.15, 0.2) is 83.0 Å². The lowest BCUT2D eigenvalue weighted by atomic mass is 10.1. The molecule has 4 heterocycles. The highest BCUT2D eigenvalue weighted by Crippen LogP contribution is 2.29. The Balaban J connectivity index is 1.07. The van der Waals surface area contributed by atoms with Crippen LogP contribution in [0, 0.1) is 0 Å². The van der Waals surface area contributed by atoms with Crippen molar-refractivity contribution in [2.24, 2.45) is 21.7 Å². The molecular formula is C34H40N10. The van der Waals surface area contributed by atoms with E-state index in [0.29, 0.717) is 11.7 Å². The molecule has 6 N–H and O–H groups in total. The molecule has 0 bridgehead atoms. The summed E-state index contributed by atoms with van der Waals surface area (Å²) in [6, 6.07) is 25.5. The molecule has 44 heavy (non-hydrogen) atoms. The quantitative estimate of drug-likeness (QED) is 0.177. The average molecular weight is 589 g/mol. The van der Waals surface area contributed by atoms with Crippen molar-refractivity contribution in [1.29, 1.82) is 0 Å². The largest absolute Gasteiger partial charge is 0.382 e. The number of hydrogen-bond donors (Lipinski definition) is 4. The first-order valence-electron chi connectivity index (χ1n) is 15.3. The molecule has 2 aromatic heterocycles. The third-order valence-corrected chi connectivity index (χ3v) is 8.80. The first kappa shape index (κ1) is 28.0. The first-order chi connectivity index (χ1) is 21.4. The molecule has 3 aromatic carbocycles. The number of fused-ring (bicyclic) bond motifs is 2. The van der Waals surface area contributed by atoms with Gasteiger partial charge in [0.2, 0.25) is 0 Å². The number of nitrogens with one attached hydrogen (secondary N) is 2. The van der Waals surface area contributed by atoms with E-state index in [2.05, 4.69) is 115 Å². The molecule has 5 aromatic rings. The molecule has 10 heteroatoms. The molecule has 0 amide bonds. The molecule has 0 atom stereocenters. The highest BCUT2D eigenvalue weighted by atomic mass is 15.5. The van der Waals surface area contributed by atoms with Gasteiger partial charge in [0, 0.05) is 96.7 Å². The molecule has 0 spiro atoms. The van der Waals surface area contributed by atoms with Crippen molar-refractivity contribution in [3.05, 3.63) is 83.9 Å². The highest BCUT2D eigenvalue weighted by Gasteiger charge is 2.15. The van der Waals surface area contributed by atoms with Crippen LogP contribution in [0.1, 0.15) is 11.1 Å². The molecule has 10 nitrogen and oxygen atoms in total. The summed E-state index contributed by atoms with van der Waals surface area (Å²) in [5.74, 6) is 1.10. The summed E-state index contributed by atoms with van der Waals surface area (Å²) in [5.41, 5.74) is 21.1. The van der Waals surface area contributed by atoms with E-state index in [0.717, 1.165) is 108 Å². The molecule has 2 aliphatic heterocycles. The Kier molecular flexibility index (Phi) is 7.45. The van der Waals surface area contributed by atoms with E-state index in [-0.39, 0.29) is 0 Å². The Morgan fingerprint density at radius 3 is 1.32 bits per heavy atom. The van der Waals surface area contributed by atoms with Crippen molar-refractivity contribution >= 4 is 33.5 Å². The molecular weight excluding hydrogens is 548 g/mol. The van der Waals surface area contributed by atoms with E-state index in [1.807, 2.05) is 12.1 Å². The Labute approximate surface area is 257 Å². The van der Waals surface area contributed by atoms with Gasteiger partial charge in [-0.1, -0.05) is 48.5 Å². The van der Waals surface area contributed by atoms with Crippen molar-refractivity contribution in [3.63, 3.8) is 0 Å². The number of benzene rings is 3. The van der Waals surface area contributed by atoms with Crippen molar-refractivity contribution in [3.8, 4) is 22.5 Å². The van der Waals surface area contributed by atoms with Crippen LogP contribution >= 0.6 is 0 Å². The predicted molar refractivity (Wildman–Crippen MR) is 181 cm³/mol. The van der Waals surface area contributed by atoms with Gasteiger partial charge >= 0.3 is 0 Å². The van der Waals surface area contributed by atoms with Crippen LogP contribution in [0.3, 0.4) is 0 Å². The maximum absolute atomic E-state index is 6.40. The predicted octanol–water partition coefficient (Wildman–Crippen LogP) is 3.72. The third kappa shape index (κ3) is 5.86. The van der Waals surface area contributed by atoms with Crippen LogP contribution in [0.5, 0.6) is 0 Å². The number of amidine groups is 2. The van der Waals surface area contributed by atoms with E-state index >= 15 is 0 Å². The van der Waals surface area contributed by atoms with Gasteiger partial charge in [0.05, 0.1) is 0 Å². The summed E-state index contributed by atoms with van der Waals surface area (Å²) in [4.78, 5) is 11.8. The monoisotopic (exact) mass is 588 g/mol. The SMILES string of the molecule is CN1CCN(N=C(N)c2ccc3cc(-c4ccc(-c5cc6ccc(C(N)=NN7CCN(C)CC7)cc6[nH]5)cc4)[nH]c3c2)CC1. The number of aromatic nitrogens is 2. The molecule has 0 radical (unpaired) electrons. The zero-order valence-corrected chi connectivity index (χ0v) is 25.4. The Morgan fingerprint density at radius 2 is 0.932 bits per heavy atom. The second kappa shape index (κ2) is 11.7. The lowest BCUT2D eigenvalue weighted by Gasteiger charge is -2.30. The fraction of sp³-hybridized carbons (Fsp3) is 0.294. The molecule has 2 saturated heterocycles. The van der Waals surface area contributed by atoms with E-state index in [9.17, 15) is 0 Å². The van der Waals surface area contributed by atoms with Crippen molar-refractivity contribution in [1.82, 2.24) is 29.8 Å². The Hall–Kier alpha value is -4.80. The van der Waals surface area contributed by atoms with Gasteiger partial charge in [0.15, 0.2) is 11.7 Å². The number of likely N-dealkylation sites (N-methyl/N-ethyl adjacent to an activating group) is 2. The number of hydrazone groups is 2. The standard InChI is InChI=1S/C34H40N10/c1-41-11-15-43(16-12-41)39-33(35)27-9-7-25-19-29(37-31(25)21-27)23-3-5-24(6-4-23)30-20-26-8-10-28(22-32(26)38-30)34(36)40-44-17-13-42(2)14-18-44/h3-10,19-22,37-38H,11-18H2,1-2H3,(H2,35,39)(H2,36,40). The lowest BCUT2D eigenvalue weighted by Crippen LogP contribution is -2.42. The molecule has 0 unspecified atom stereocenters.